The van der Waals surface area contributed by atoms with Gasteiger partial charge in [-0.3, -0.25) is 0 Å². The van der Waals surface area contributed by atoms with Crippen molar-refractivity contribution >= 4 is 12.0 Å². The number of urea groups is 1. The van der Waals surface area contributed by atoms with Gasteiger partial charge in [-0.2, -0.15) is 4.98 Å². The number of fused-ring (bicyclic) bond motifs is 1. The molecule has 7 nitrogen and oxygen atoms in total. The van der Waals surface area contributed by atoms with Gasteiger partial charge in [0.25, 0.3) is 0 Å². The Bertz CT molecular complexity index is 934. The topological polar surface area (TPSA) is 70.6 Å². The first-order chi connectivity index (χ1) is 14.5. The van der Waals surface area contributed by atoms with Crippen molar-refractivity contribution in [1.82, 2.24) is 20.2 Å². The Balaban J connectivity index is 1.69. The number of aromatic nitrogens is 2. The summed E-state index contributed by atoms with van der Waals surface area (Å²) in [5, 5.41) is 2.80. The Labute approximate surface area is 174 Å². The molecule has 0 bridgehead atoms. The van der Waals surface area contributed by atoms with E-state index in [9.17, 15) is 13.6 Å². The molecule has 2 aromatic rings. The summed E-state index contributed by atoms with van der Waals surface area (Å²) in [5.74, 6) is -0.924. The van der Waals surface area contributed by atoms with Crippen LogP contribution >= 0.6 is 0 Å². The summed E-state index contributed by atoms with van der Waals surface area (Å²) in [5.41, 5.74) is 1.52. The second-order valence-corrected chi connectivity index (χ2v) is 7.49. The van der Waals surface area contributed by atoms with Crippen molar-refractivity contribution in [3.8, 4) is 11.6 Å². The number of hydrogen-bond acceptors (Lipinski definition) is 5. The van der Waals surface area contributed by atoms with Crippen molar-refractivity contribution in [3.05, 3.63) is 41.1 Å². The predicted octanol–water partition coefficient (Wildman–Crippen LogP) is 3.63. The number of anilines is 1. The first kappa shape index (κ1) is 20.3. The number of rotatable bonds is 4. The number of nitrogens with zero attached hydrogens (tertiary/aromatic N) is 4. The Kier molecular flexibility index (Phi) is 5.96. The summed E-state index contributed by atoms with van der Waals surface area (Å²) in [4.78, 5) is 25.5. The van der Waals surface area contributed by atoms with E-state index in [1.165, 1.54) is 12.5 Å². The van der Waals surface area contributed by atoms with E-state index < -0.39 is 11.6 Å². The third-order valence-electron chi connectivity index (χ3n) is 5.37. The Morgan fingerprint density at radius 1 is 1.13 bits per heavy atom. The molecule has 9 heteroatoms. The van der Waals surface area contributed by atoms with Crippen LogP contribution in [0.15, 0.2) is 18.2 Å². The predicted molar refractivity (Wildman–Crippen MR) is 108 cm³/mol. The highest BCUT2D eigenvalue weighted by molar-refractivity contribution is 5.74. The quantitative estimate of drug-likeness (QED) is 0.823. The molecule has 0 saturated carbocycles. The monoisotopic (exact) mass is 417 g/mol. The van der Waals surface area contributed by atoms with Gasteiger partial charge in [0, 0.05) is 38.7 Å². The van der Waals surface area contributed by atoms with E-state index in [0.29, 0.717) is 37.6 Å². The van der Waals surface area contributed by atoms with Crippen LogP contribution in [0.5, 0.6) is 11.6 Å². The standard InChI is InChI=1S/C21H25F2N5O2/c1-2-24-21(29)28-11-8-18-15(13-28)19(30-14-6-7-16(22)17(23)12-14)26-20(25-18)27-9-4-3-5-10-27/h6-7,12H,2-5,8-11,13H2,1H3,(H,24,29). The molecular formula is C21H25F2N5O2. The van der Waals surface area contributed by atoms with Crippen molar-refractivity contribution in [2.24, 2.45) is 0 Å². The third kappa shape index (κ3) is 4.29. The second kappa shape index (κ2) is 8.81. The molecule has 3 heterocycles. The van der Waals surface area contributed by atoms with Crippen molar-refractivity contribution in [2.75, 3.05) is 31.1 Å². The molecule has 2 amide bonds. The molecule has 2 aliphatic heterocycles. The molecule has 0 spiro atoms. The second-order valence-electron chi connectivity index (χ2n) is 7.49. The molecule has 4 rings (SSSR count). The maximum absolute atomic E-state index is 13.7. The summed E-state index contributed by atoms with van der Waals surface area (Å²) < 4.78 is 32.9. The van der Waals surface area contributed by atoms with Crippen molar-refractivity contribution in [3.63, 3.8) is 0 Å². The molecule has 0 aliphatic carbocycles. The number of benzene rings is 1. The lowest BCUT2D eigenvalue weighted by atomic mass is 10.1. The number of carbonyl (C=O) groups is 1. The molecular weight excluding hydrogens is 392 g/mol. The van der Waals surface area contributed by atoms with Gasteiger partial charge in [-0.05, 0) is 38.3 Å². The highest BCUT2D eigenvalue weighted by Gasteiger charge is 2.28. The number of nitrogens with one attached hydrogen (secondary N) is 1. The van der Waals surface area contributed by atoms with Crippen molar-refractivity contribution in [2.45, 2.75) is 39.2 Å². The van der Waals surface area contributed by atoms with Crippen LogP contribution in [0.4, 0.5) is 19.5 Å². The lowest BCUT2D eigenvalue weighted by Gasteiger charge is -2.31. The van der Waals surface area contributed by atoms with Gasteiger partial charge in [0.2, 0.25) is 11.8 Å². The molecule has 30 heavy (non-hydrogen) atoms. The highest BCUT2D eigenvalue weighted by Crippen LogP contribution is 2.32. The Hall–Kier alpha value is -2.97. The molecule has 160 valence electrons. The molecule has 2 aliphatic rings. The van der Waals surface area contributed by atoms with Gasteiger partial charge in [0.15, 0.2) is 11.6 Å². The number of hydrogen-bond donors (Lipinski definition) is 1. The summed E-state index contributed by atoms with van der Waals surface area (Å²) in [6.07, 6.45) is 3.90. The molecule has 0 radical (unpaired) electrons. The van der Waals surface area contributed by atoms with Gasteiger partial charge >= 0.3 is 6.03 Å². The van der Waals surface area contributed by atoms with E-state index in [2.05, 4.69) is 15.2 Å². The number of amides is 2. The summed E-state index contributed by atoms with van der Waals surface area (Å²) in [7, 11) is 0. The van der Waals surface area contributed by atoms with Crippen LogP contribution in [-0.4, -0.2) is 47.1 Å². The lowest BCUT2D eigenvalue weighted by molar-refractivity contribution is 0.191. The van der Waals surface area contributed by atoms with Gasteiger partial charge in [0.05, 0.1) is 17.8 Å². The number of piperidine rings is 1. The smallest absolute Gasteiger partial charge is 0.317 e. The van der Waals surface area contributed by atoms with Crippen LogP contribution in [-0.2, 0) is 13.0 Å². The number of carbonyl (C=O) groups excluding carboxylic acids is 1. The van der Waals surface area contributed by atoms with E-state index in [0.717, 1.165) is 43.8 Å². The van der Waals surface area contributed by atoms with Crippen LogP contribution in [0.3, 0.4) is 0 Å². The molecule has 1 aromatic carbocycles. The molecule has 0 atom stereocenters. The normalized spacial score (nSPS) is 16.2. The van der Waals surface area contributed by atoms with Gasteiger partial charge in [-0.1, -0.05) is 0 Å². The highest BCUT2D eigenvalue weighted by atomic mass is 19.2. The number of ether oxygens (including phenoxy) is 1. The molecule has 1 N–H and O–H groups in total. The molecule has 1 aromatic heterocycles. The largest absolute Gasteiger partial charge is 0.438 e. The zero-order valence-electron chi connectivity index (χ0n) is 17.0. The van der Waals surface area contributed by atoms with E-state index in [1.807, 2.05) is 6.92 Å². The maximum atomic E-state index is 13.7. The summed E-state index contributed by atoms with van der Waals surface area (Å²) in [6.45, 7) is 4.97. The van der Waals surface area contributed by atoms with Crippen LogP contribution in [0, 0.1) is 11.6 Å². The van der Waals surface area contributed by atoms with Crippen LogP contribution in [0.2, 0.25) is 0 Å². The average Bonchev–Trinajstić information content (AvgIpc) is 2.76. The van der Waals surface area contributed by atoms with Gasteiger partial charge in [-0.15, -0.1) is 0 Å². The SMILES string of the molecule is CCNC(=O)N1CCc2nc(N3CCCCC3)nc(Oc3ccc(F)c(F)c3)c2C1. The Morgan fingerprint density at radius 3 is 2.67 bits per heavy atom. The van der Waals surface area contributed by atoms with Crippen LogP contribution < -0.4 is 15.0 Å². The van der Waals surface area contributed by atoms with Gasteiger partial charge < -0.3 is 19.9 Å². The van der Waals surface area contributed by atoms with Gasteiger partial charge in [-0.25, -0.2) is 18.6 Å². The fraction of sp³-hybridized carbons (Fsp3) is 0.476. The van der Waals surface area contributed by atoms with E-state index in [1.54, 1.807) is 4.90 Å². The number of halogens is 2. The fourth-order valence-electron chi connectivity index (χ4n) is 3.78. The minimum absolute atomic E-state index is 0.148. The minimum atomic E-state index is -0.990. The van der Waals surface area contributed by atoms with Crippen LogP contribution in [0.25, 0.3) is 0 Å². The van der Waals surface area contributed by atoms with Crippen molar-refractivity contribution in [1.29, 1.82) is 0 Å². The molecule has 1 fully saturated rings. The average molecular weight is 417 g/mol. The van der Waals surface area contributed by atoms with Crippen LogP contribution in [0.1, 0.15) is 37.4 Å². The van der Waals surface area contributed by atoms with Gasteiger partial charge in [0.1, 0.15) is 5.75 Å². The fourth-order valence-corrected chi connectivity index (χ4v) is 3.78. The summed E-state index contributed by atoms with van der Waals surface area (Å²) >= 11 is 0. The maximum Gasteiger partial charge on any atom is 0.317 e. The summed E-state index contributed by atoms with van der Waals surface area (Å²) in [6, 6.07) is 3.21. The first-order valence-electron chi connectivity index (χ1n) is 10.4. The lowest BCUT2D eigenvalue weighted by Crippen LogP contribution is -2.43. The Morgan fingerprint density at radius 2 is 1.93 bits per heavy atom. The zero-order valence-corrected chi connectivity index (χ0v) is 17.0. The first-order valence-corrected chi connectivity index (χ1v) is 10.4. The van der Waals surface area contributed by atoms with E-state index >= 15 is 0 Å². The minimum Gasteiger partial charge on any atom is -0.438 e. The molecule has 1 saturated heterocycles. The zero-order chi connectivity index (χ0) is 21.1. The van der Waals surface area contributed by atoms with E-state index in [4.69, 9.17) is 9.72 Å². The molecule has 0 unspecified atom stereocenters. The van der Waals surface area contributed by atoms with Crippen molar-refractivity contribution < 1.29 is 18.3 Å². The third-order valence-corrected chi connectivity index (χ3v) is 5.37. The van der Waals surface area contributed by atoms with E-state index in [-0.39, 0.29) is 17.7 Å².